The Hall–Kier alpha value is -1.10. The van der Waals surface area contributed by atoms with Crippen molar-refractivity contribution in [3.63, 3.8) is 0 Å². The molecule has 14 heavy (non-hydrogen) atoms. The molecule has 0 radical (unpaired) electrons. The van der Waals surface area contributed by atoms with Crippen molar-refractivity contribution in [2.24, 2.45) is 0 Å². The van der Waals surface area contributed by atoms with Crippen LogP contribution in [0.3, 0.4) is 0 Å². The van der Waals surface area contributed by atoms with Crippen molar-refractivity contribution in [1.29, 1.82) is 0 Å². The van der Waals surface area contributed by atoms with E-state index in [1.165, 1.54) is 0 Å². The Bertz CT molecular complexity index is 396. The van der Waals surface area contributed by atoms with Gasteiger partial charge in [-0.15, -0.1) is 0 Å². The SMILES string of the molecule is C=C(OS(=O)(=O)O)C(=C)OS(=O)(=O)O. The minimum atomic E-state index is -4.84. The van der Waals surface area contributed by atoms with E-state index in [1.54, 1.807) is 0 Å². The molecule has 0 bridgehead atoms. The third-order valence-corrected chi connectivity index (χ3v) is 1.55. The third kappa shape index (κ3) is 6.42. The summed E-state index contributed by atoms with van der Waals surface area (Å²) in [7, 11) is -9.68. The molecule has 10 heteroatoms. The van der Waals surface area contributed by atoms with Gasteiger partial charge in [-0.1, -0.05) is 13.2 Å². The van der Waals surface area contributed by atoms with Crippen LogP contribution in [-0.2, 0) is 29.2 Å². The maximum Gasteiger partial charge on any atom is 0.446 e. The number of rotatable bonds is 5. The van der Waals surface area contributed by atoms with Gasteiger partial charge in [-0.3, -0.25) is 9.11 Å². The molecule has 0 unspecified atom stereocenters. The Morgan fingerprint density at radius 2 is 1.07 bits per heavy atom. The fourth-order valence-corrected chi connectivity index (χ4v) is 1.04. The Kier molecular flexibility index (Phi) is 3.65. The molecule has 0 amide bonds. The molecule has 0 aliphatic rings. The van der Waals surface area contributed by atoms with Gasteiger partial charge in [-0.25, -0.2) is 0 Å². The van der Waals surface area contributed by atoms with Gasteiger partial charge in [0.15, 0.2) is 11.5 Å². The lowest BCUT2D eigenvalue weighted by Crippen LogP contribution is -2.09. The maximum atomic E-state index is 10.1. The van der Waals surface area contributed by atoms with Crippen LogP contribution < -0.4 is 0 Å². The van der Waals surface area contributed by atoms with Crippen LogP contribution in [0.5, 0.6) is 0 Å². The molecule has 0 saturated carbocycles. The predicted octanol–water partition coefficient (Wildman–Crippen LogP) is -0.347. The summed E-state index contributed by atoms with van der Waals surface area (Å²) >= 11 is 0. The molecule has 8 nitrogen and oxygen atoms in total. The van der Waals surface area contributed by atoms with Crippen LogP contribution in [0.1, 0.15) is 0 Å². The maximum absolute atomic E-state index is 10.1. The van der Waals surface area contributed by atoms with E-state index in [4.69, 9.17) is 9.11 Å². The predicted molar refractivity (Wildman–Crippen MR) is 43.5 cm³/mol. The quantitative estimate of drug-likeness (QED) is 0.383. The van der Waals surface area contributed by atoms with Crippen LogP contribution in [0, 0.1) is 0 Å². The van der Waals surface area contributed by atoms with E-state index in [0.717, 1.165) is 0 Å². The van der Waals surface area contributed by atoms with E-state index >= 15 is 0 Å². The fourth-order valence-electron chi connectivity index (χ4n) is 0.347. The van der Waals surface area contributed by atoms with Crippen LogP contribution in [0.2, 0.25) is 0 Å². The van der Waals surface area contributed by atoms with Gasteiger partial charge in [0.25, 0.3) is 0 Å². The number of hydrogen-bond acceptors (Lipinski definition) is 6. The van der Waals surface area contributed by atoms with Gasteiger partial charge in [-0.2, -0.15) is 16.8 Å². The molecule has 0 aliphatic carbocycles. The number of hydrogen-bond donors (Lipinski definition) is 2. The molecule has 0 aromatic heterocycles. The first-order chi connectivity index (χ1) is 6.01. The molecule has 0 spiro atoms. The van der Waals surface area contributed by atoms with Crippen LogP contribution in [0.25, 0.3) is 0 Å². The van der Waals surface area contributed by atoms with Gasteiger partial charge in [0.05, 0.1) is 0 Å². The van der Waals surface area contributed by atoms with Crippen molar-refractivity contribution < 1.29 is 34.3 Å². The summed E-state index contributed by atoms with van der Waals surface area (Å²) in [6.07, 6.45) is 0. The Morgan fingerprint density at radius 3 is 1.21 bits per heavy atom. The minimum absolute atomic E-state index is 0.884. The molecule has 2 N–H and O–H groups in total. The fraction of sp³-hybridized carbons (Fsp3) is 0. The van der Waals surface area contributed by atoms with E-state index < -0.39 is 32.3 Å². The topological polar surface area (TPSA) is 127 Å². The van der Waals surface area contributed by atoms with Gasteiger partial charge in [-0.05, 0) is 0 Å². The second-order valence-electron chi connectivity index (χ2n) is 1.87. The van der Waals surface area contributed by atoms with E-state index in [1.807, 2.05) is 0 Å². The Labute approximate surface area is 80.4 Å². The van der Waals surface area contributed by atoms with E-state index in [-0.39, 0.29) is 0 Å². The largest absolute Gasteiger partial charge is 0.446 e. The van der Waals surface area contributed by atoms with Gasteiger partial charge >= 0.3 is 20.8 Å². The average molecular weight is 246 g/mol. The van der Waals surface area contributed by atoms with Crippen LogP contribution in [0.15, 0.2) is 24.7 Å². The molecule has 0 atom stereocenters. The van der Waals surface area contributed by atoms with Gasteiger partial charge < -0.3 is 8.37 Å². The second kappa shape index (κ2) is 3.96. The minimum Gasteiger partial charge on any atom is -0.358 e. The zero-order valence-electron chi connectivity index (χ0n) is 6.57. The van der Waals surface area contributed by atoms with Gasteiger partial charge in [0.2, 0.25) is 0 Å². The van der Waals surface area contributed by atoms with Crippen LogP contribution in [0.4, 0.5) is 0 Å². The van der Waals surface area contributed by atoms with Crippen molar-refractivity contribution in [3.05, 3.63) is 24.7 Å². The summed E-state index contributed by atoms with van der Waals surface area (Å²) in [5.74, 6) is -1.77. The molecular weight excluding hydrogens is 240 g/mol. The second-order valence-corrected chi connectivity index (χ2v) is 3.91. The summed E-state index contributed by atoms with van der Waals surface area (Å²) in [6.45, 7) is 5.73. The Morgan fingerprint density at radius 1 is 0.857 bits per heavy atom. The molecule has 82 valence electrons. The normalized spacial score (nSPS) is 11.9. The van der Waals surface area contributed by atoms with E-state index in [2.05, 4.69) is 21.5 Å². The molecule has 0 aromatic carbocycles. The Balaban J connectivity index is 4.53. The van der Waals surface area contributed by atoms with Gasteiger partial charge in [0, 0.05) is 0 Å². The van der Waals surface area contributed by atoms with Crippen molar-refractivity contribution in [2.45, 2.75) is 0 Å². The highest BCUT2D eigenvalue weighted by Crippen LogP contribution is 2.12. The van der Waals surface area contributed by atoms with Crippen LogP contribution in [-0.4, -0.2) is 25.9 Å². The lowest BCUT2D eigenvalue weighted by atomic mass is 10.5. The molecule has 0 rings (SSSR count). The summed E-state index contributed by atoms with van der Waals surface area (Å²) in [6, 6.07) is 0. The first-order valence-corrected chi connectivity index (χ1v) is 5.46. The first-order valence-electron chi connectivity index (χ1n) is 2.73. The first kappa shape index (κ1) is 12.9. The summed E-state index contributed by atoms with van der Waals surface area (Å²) in [5, 5.41) is 0. The van der Waals surface area contributed by atoms with Crippen molar-refractivity contribution >= 4 is 20.8 Å². The van der Waals surface area contributed by atoms with E-state index in [9.17, 15) is 16.8 Å². The lowest BCUT2D eigenvalue weighted by Gasteiger charge is -2.06. The molecule has 0 saturated heterocycles. The molecule has 0 heterocycles. The highest BCUT2D eigenvalue weighted by atomic mass is 32.3. The monoisotopic (exact) mass is 246 g/mol. The van der Waals surface area contributed by atoms with E-state index in [0.29, 0.717) is 0 Å². The molecule has 0 aromatic rings. The molecule has 0 aliphatic heterocycles. The highest BCUT2D eigenvalue weighted by molar-refractivity contribution is 7.81. The van der Waals surface area contributed by atoms with Crippen LogP contribution >= 0.6 is 0 Å². The zero-order chi connectivity index (χ0) is 11.6. The van der Waals surface area contributed by atoms with Gasteiger partial charge in [0.1, 0.15) is 0 Å². The van der Waals surface area contributed by atoms with Crippen molar-refractivity contribution in [1.82, 2.24) is 0 Å². The summed E-state index contributed by atoms with van der Waals surface area (Å²) in [5.41, 5.74) is 0. The van der Waals surface area contributed by atoms with Crippen molar-refractivity contribution in [2.75, 3.05) is 0 Å². The molecule has 0 fully saturated rings. The smallest absolute Gasteiger partial charge is 0.358 e. The summed E-state index contributed by atoms with van der Waals surface area (Å²) < 4.78 is 63.9. The highest BCUT2D eigenvalue weighted by Gasteiger charge is 2.16. The summed E-state index contributed by atoms with van der Waals surface area (Å²) in [4.78, 5) is 0. The lowest BCUT2D eigenvalue weighted by molar-refractivity contribution is 0.287. The van der Waals surface area contributed by atoms with Crippen molar-refractivity contribution in [3.8, 4) is 0 Å². The molecular formula is C4H6O8S2. The standard InChI is InChI=1S/C4H6O8S2/c1-3(11-13(5,6)7)4(2)12-14(8,9)10/h1-2H2,(H,5,6,7)(H,8,9,10). The average Bonchev–Trinajstić information content (AvgIpc) is 1.78. The third-order valence-electron chi connectivity index (χ3n) is 0.723. The zero-order valence-corrected chi connectivity index (χ0v) is 8.21.